The number of amides is 1. The molecule has 0 saturated heterocycles. The minimum Gasteiger partial charge on any atom is -0.493 e. The highest BCUT2D eigenvalue weighted by Gasteiger charge is 2.16. The Balaban J connectivity index is 1.92. The topological polar surface area (TPSA) is 83.7 Å². The zero-order valence-corrected chi connectivity index (χ0v) is 15.8. The highest BCUT2D eigenvalue weighted by Crippen LogP contribution is 2.27. The highest BCUT2D eigenvalue weighted by molar-refractivity contribution is 6.07. The predicted molar refractivity (Wildman–Crippen MR) is 109 cm³/mol. The molecule has 0 aliphatic rings. The molecule has 1 aromatic heterocycles. The fraction of sp³-hybridized carbons (Fsp3) is 0.318. The molecule has 0 bridgehead atoms. The third-order valence-corrected chi connectivity index (χ3v) is 4.48. The largest absolute Gasteiger partial charge is 0.493 e. The third kappa shape index (κ3) is 4.91. The summed E-state index contributed by atoms with van der Waals surface area (Å²) in [5, 5.41) is 21.5. The van der Waals surface area contributed by atoms with E-state index in [0.29, 0.717) is 43.9 Å². The molecular formula is C22H26N2O4. The van der Waals surface area contributed by atoms with Crippen molar-refractivity contribution in [3.63, 3.8) is 0 Å². The van der Waals surface area contributed by atoms with E-state index in [1.54, 1.807) is 0 Å². The number of hydrogen-bond donors (Lipinski definition) is 3. The van der Waals surface area contributed by atoms with Crippen LogP contribution in [0.3, 0.4) is 0 Å². The number of nitrogens with one attached hydrogen (secondary N) is 1. The number of benzene rings is 2. The smallest absolute Gasteiger partial charge is 0.253 e. The molecule has 1 amide bonds. The van der Waals surface area contributed by atoms with Crippen molar-refractivity contribution in [2.75, 3.05) is 26.4 Å². The SMILES string of the molecule is O=C(NCCCO)c1cn(Cc2ccccc2)c2ccc(OCCCO)cc12. The fourth-order valence-corrected chi connectivity index (χ4v) is 3.09. The molecule has 0 radical (unpaired) electrons. The van der Waals surface area contributed by atoms with Gasteiger partial charge < -0.3 is 24.8 Å². The molecule has 3 N–H and O–H groups in total. The first-order chi connectivity index (χ1) is 13.7. The number of nitrogens with zero attached hydrogens (tertiary/aromatic N) is 1. The Hall–Kier alpha value is -2.83. The van der Waals surface area contributed by atoms with Gasteiger partial charge >= 0.3 is 0 Å². The van der Waals surface area contributed by atoms with E-state index in [9.17, 15) is 4.79 Å². The van der Waals surface area contributed by atoms with Crippen LogP contribution in [0.4, 0.5) is 0 Å². The van der Waals surface area contributed by atoms with E-state index in [0.717, 1.165) is 16.5 Å². The van der Waals surface area contributed by atoms with Gasteiger partial charge in [-0.05, 0) is 30.2 Å². The van der Waals surface area contributed by atoms with Crippen LogP contribution >= 0.6 is 0 Å². The minimum atomic E-state index is -0.169. The summed E-state index contributed by atoms with van der Waals surface area (Å²) in [6.07, 6.45) is 2.94. The lowest BCUT2D eigenvalue weighted by Gasteiger charge is -2.08. The normalized spacial score (nSPS) is 10.9. The number of rotatable bonds is 10. The molecule has 28 heavy (non-hydrogen) atoms. The molecule has 6 nitrogen and oxygen atoms in total. The molecule has 6 heteroatoms. The number of carbonyl (C=O) groups is 1. The van der Waals surface area contributed by atoms with Gasteiger partial charge in [-0.1, -0.05) is 30.3 Å². The summed E-state index contributed by atoms with van der Waals surface area (Å²) < 4.78 is 7.74. The molecule has 0 saturated carbocycles. The molecule has 3 aromatic rings. The highest BCUT2D eigenvalue weighted by atomic mass is 16.5. The summed E-state index contributed by atoms with van der Waals surface area (Å²) in [5.41, 5.74) is 2.68. The lowest BCUT2D eigenvalue weighted by atomic mass is 10.1. The average molecular weight is 382 g/mol. The quantitative estimate of drug-likeness (QED) is 0.471. The van der Waals surface area contributed by atoms with Crippen molar-refractivity contribution in [2.24, 2.45) is 0 Å². The van der Waals surface area contributed by atoms with Crippen LogP contribution < -0.4 is 10.1 Å². The Morgan fingerprint density at radius 3 is 2.57 bits per heavy atom. The van der Waals surface area contributed by atoms with Gasteiger partial charge in [0.1, 0.15) is 5.75 Å². The van der Waals surface area contributed by atoms with Crippen LogP contribution in [-0.2, 0) is 6.54 Å². The van der Waals surface area contributed by atoms with Gasteiger partial charge in [0.05, 0.1) is 12.2 Å². The van der Waals surface area contributed by atoms with E-state index < -0.39 is 0 Å². The summed E-state index contributed by atoms with van der Waals surface area (Å²) >= 11 is 0. The molecule has 3 rings (SSSR count). The third-order valence-electron chi connectivity index (χ3n) is 4.48. The van der Waals surface area contributed by atoms with E-state index >= 15 is 0 Å². The second-order valence-corrected chi connectivity index (χ2v) is 6.59. The Morgan fingerprint density at radius 1 is 1.04 bits per heavy atom. The number of carbonyl (C=O) groups excluding carboxylic acids is 1. The van der Waals surface area contributed by atoms with E-state index in [1.807, 2.05) is 42.6 Å². The summed E-state index contributed by atoms with van der Waals surface area (Å²) in [5.74, 6) is 0.501. The van der Waals surface area contributed by atoms with Crippen molar-refractivity contribution >= 4 is 16.8 Å². The molecular weight excluding hydrogens is 356 g/mol. The van der Waals surface area contributed by atoms with Crippen LogP contribution in [0.1, 0.15) is 28.8 Å². The lowest BCUT2D eigenvalue weighted by molar-refractivity contribution is 0.0952. The fourth-order valence-electron chi connectivity index (χ4n) is 3.09. The Labute approximate surface area is 164 Å². The molecule has 0 unspecified atom stereocenters. The van der Waals surface area contributed by atoms with Crippen molar-refractivity contribution in [1.29, 1.82) is 0 Å². The van der Waals surface area contributed by atoms with Crippen molar-refractivity contribution < 1.29 is 19.7 Å². The molecule has 2 aromatic carbocycles. The van der Waals surface area contributed by atoms with Crippen LogP contribution in [0.25, 0.3) is 10.9 Å². The number of fused-ring (bicyclic) bond motifs is 1. The van der Waals surface area contributed by atoms with Crippen molar-refractivity contribution in [2.45, 2.75) is 19.4 Å². The van der Waals surface area contributed by atoms with Crippen LogP contribution in [0, 0.1) is 0 Å². The lowest BCUT2D eigenvalue weighted by Crippen LogP contribution is -2.24. The van der Waals surface area contributed by atoms with Gasteiger partial charge in [0.2, 0.25) is 0 Å². The molecule has 148 valence electrons. The second-order valence-electron chi connectivity index (χ2n) is 6.59. The minimum absolute atomic E-state index is 0.0406. The van der Waals surface area contributed by atoms with Gasteiger partial charge in [-0.15, -0.1) is 0 Å². The Morgan fingerprint density at radius 2 is 1.82 bits per heavy atom. The Bertz CT molecular complexity index is 906. The number of aliphatic hydroxyl groups excluding tert-OH is 2. The molecule has 0 aliphatic heterocycles. The molecule has 0 spiro atoms. The zero-order chi connectivity index (χ0) is 19.8. The summed E-state index contributed by atoms with van der Waals surface area (Å²) in [6.45, 7) is 1.62. The van der Waals surface area contributed by atoms with Gasteiger partial charge in [-0.2, -0.15) is 0 Å². The van der Waals surface area contributed by atoms with Crippen LogP contribution in [0.15, 0.2) is 54.7 Å². The number of aromatic nitrogens is 1. The standard InChI is InChI=1S/C22H26N2O4/c25-11-4-10-23-22(27)20-16-24(15-17-6-2-1-3-7-17)21-9-8-18(14-19(20)21)28-13-5-12-26/h1-3,6-9,14,16,25-26H,4-5,10-13,15H2,(H,23,27). The predicted octanol–water partition coefficient (Wildman–Crippen LogP) is 2.56. The maximum atomic E-state index is 12.7. The first-order valence-corrected chi connectivity index (χ1v) is 9.52. The molecule has 0 aliphatic carbocycles. The summed E-state index contributed by atoms with van der Waals surface area (Å²) in [4.78, 5) is 12.7. The van der Waals surface area contributed by atoms with Gasteiger partial charge in [-0.3, -0.25) is 4.79 Å². The number of hydrogen-bond acceptors (Lipinski definition) is 4. The van der Waals surface area contributed by atoms with Crippen LogP contribution in [0.5, 0.6) is 5.75 Å². The first-order valence-electron chi connectivity index (χ1n) is 9.52. The van der Waals surface area contributed by atoms with Gasteiger partial charge in [0.15, 0.2) is 0 Å². The molecule has 1 heterocycles. The van der Waals surface area contributed by atoms with E-state index in [4.69, 9.17) is 14.9 Å². The molecule has 0 fully saturated rings. The van der Waals surface area contributed by atoms with Crippen LogP contribution in [-0.4, -0.2) is 47.1 Å². The monoisotopic (exact) mass is 382 g/mol. The van der Waals surface area contributed by atoms with Crippen molar-refractivity contribution in [3.8, 4) is 5.75 Å². The van der Waals surface area contributed by atoms with Crippen molar-refractivity contribution in [3.05, 3.63) is 65.9 Å². The number of ether oxygens (including phenoxy) is 1. The first kappa shape index (κ1) is 19.9. The molecule has 0 atom stereocenters. The van der Waals surface area contributed by atoms with E-state index in [-0.39, 0.29) is 19.1 Å². The maximum absolute atomic E-state index is 12.7. The maximum Gasteiger partial charge on any atom is 0.253 e. The summed E-state index contributed by atoms with van der Waals surface area (Å²) in [6, 6.07) is 15.8. The average Bonchev–Trinajstić information content (AvgIpc) is 3.07. The number of aliphatic hydroxyl groups is 2. The Kier molecular flexibility index (Phi) is 7.06. The van der Waals surface area contributed by atoms with Gasteiger partial charge in [0, 0.05) is 49.8 Å². The van der Waals surface area contributed by atoms with Crippen molar-refractivity contribution in [1.82, 2.24) is 9.88 Å². The summed E-state index contributed by atoms with van der Waals surface area (Å²) in [7, 11) is 0. The van der Waals surface area contributed by atoms with E-state index in [2.05, 4.69) is 22.0 Å². The van der Waals surface area contributed by atoms with Crippen LogP contribution in [0.2, 0.25) is 0 Å². The van der Waals surface area contributed by atoms with Gasteiger partial charge in [-0.25, -0.2) is 0 Å². The van der Waals surface area contributed by atoms with Gasteiger partial charge in [0.25, 0.3) is 5.91 Å². The zero-order valence-electron chi connectivity index (χ0n) is 15.8. The van der Waals surface area contributed by atoms with E-state index in [1.165, 1.54) is 0 Å². The second kappa shape index (κ2) is 9.92.